The topological polar surface area (TPSA) is 71.0 Å². The molecule has 1 atom stereocenters. The highest BCUT2D eigenvalue weighted by Gasteiger charge is 2.53. The molecule has 11 heteroatoms. The van der Waals surface area contributed by atoms with Gasteiger partial charge in [-0.1, -0.05) is 23.2 Å². The molecule has 1 saturated carbocycles. The number of aromatic nitrogens is 3. The van der Waals surface area contributed by atoms with E-state index in [-0.39, 0.29) is 29.7 Å². The molecule has 182 valence electrons. The molecule has 2 fully saturated rings. The first-order valence-corrected chi connectivity index (χ1v) is 11.8. The van der Waals surface area contributed by atoms with Crippen LogP contribution in [0.15, 0.2) is 48.9 Å². The summed E-state index contributed by atoms with van der Waals surface area (Å²) in [5.74, 6) is 0.241. The lowest BCUT2D eigenvalue weighted by atomic mass is 10.0. The summed E-state index contributed by atoms with van der Waals surface area (Å²) < 4.78 is 39.7. The van der Waals surface area contributed by atoms with Crippen LogP contribution in [0.3, 0.4) is 0 Å². The average molecular weight is 522 g/mol. The van der Waals surface area contributed by atoms with Crippen LogP contribution in [0.25, 0.3) is 11.4 Å². The monoisotopic (exact) mass is 521 g/mol. The largest absolute Gasteiger partial charge is 0.418 e. The quantitative estimate of drug-likeness (QED) is 0.447. The Kier molecular flexibility index (Phi) is 6.09. The van der Waals surface area contributed by atoms with Crippen molar-refractivity contribution in [3.63, 3.8) is 0 Å². The highest BCUT2D eigenvalue weighted by molar-refractivity contribution is 6.31. The molecule has 1 aromatic carbocycles. The smallest absolute Gasteiger partial charge is 0.368 e. The number of halogens is 5. The third-order valence-electron chi connectivity index (χ3n) is 6.53. The molecule has 6 nitrogen and oxygen atoms in total. The molecule has 1 saturated heterocycles. The van der Waals surface area contributed by atoms with E-state index in [0.717, 1.165) is 31.5 Å². The highest BCUT2D eigenvalue weighted by Crippen LogP contribution is 2.55. The zero-order chi connectivity index (χ0) is 24.8. The second-order valence-corrected chi connectivity index (χ2v) is 9.82. The molecule has 2 aliphatic rings. The zero-order valence-corrected chi connectivity index (χ0v) is 19.8. The summed E-state index contributed by atoms with van der Waals surface area (Å²) in [6.07, 6.45) is 2.35. The van der Waals surface area contributed by atoms with Gasteiger partial charge in [0.2, 0.25) is 0 Å². The van der Waals surface area contributed by atoms with Crippen LogP contribution in [0.4, 0.5) is 19.0 Å². The standard InChI is InChI=1S/C24H20Cl2F3N5O/c25-14-2-3-16(21-30-6-1-7-31-21)17(8-14)22(35)34-13-23(4-5-23)10-15(34)11-32-20-9-18(24(27,28)29)19(26)12-33-20/h1-3,6-9,12,15H,4-5,10-11,13H2,(H,32,33)/t15-/m0/s1. The lowest BCUT2D eigenvalue weighted by Gasteiger charge is -2.26. The Morgan fingerprint density at radius 3 is 2.57 bits per heavy atom. The van der Waals surface area contributed by atoms with E-state index in [4.69, 9.17) is 23.2 Å². The van der Waals surface area contributed by atoms with Crippen LogP contribution < -0.4 is 5.32 Å². The molecule has 1 spiro atoms. The Balaban J connectivity index is 1.41. The first-order chi connectivity index (χ1) is 16.7. The molecule has 3 heterocycles. The summed E-state index contributed by atoms with van der Waals surface area (Å²) in [4.78, 5) is 28.1. The molecular weight excluding hydrogens is 502 g/mol. The van der Waals surface area contributed by atoms with Gasteiger partial charge in [-0.2, -0.15) is 13.2 Å². The fraction of sp³-hybridized carbons (Fsp3) is 0.333. The minimum Gasteiger partial charge on any atom is -0.368 e. The third-order valence-corrected chi connectivity index (χ3v) is 7.07. The van der Waals surface area contributed by atoms with E-state index < -0.39 is 16.8 Å². The van der Waals surface area contributed by atoms with Gasteiger partial charge < -0.3 is 10.2 Å². The van der Waals surface area contributed by atoms with Gasteiger partial charge in [-0.05, 0) is 55.0 Å². The molecule has 1 N–H and O–H groups in total. The van der Waals surface area contributed by atoms with E-state index in [2.05, 4.69) is 20.3 Å². The van der Waals surface area contributed by atoms with Crippen LogP contribution in [-0.4, -0.2) is 44.9 Å². The van der Waals surface area contributed by atoms with Gasteiger partial charge in [-0.3, -0.25) is 4.79 Å². The van der Waals surface area contributed by atoms with Crippen LogP contribution >= 0.6 is 23.2 Å². The molecule has 0 radical (unpaired) electrons. The summed E-state index contributed by atoms with van der Waals surface area (Å²) >= 11 is 11.9. The zero-order valence-electron chi connectivity index (χ0n) is 18.3. The maximum atomic E-state index is 13.8. The number of anilines is 1. The van der Waals surface area contributed by atoms with Crippen molar-refractivity contribution >= 4 is 34.9 Å². The first-order valence-electron chi connectivity index (χ1n) is 11.0. The molecule has 1 aliphatic carbocycles. The first kappa shape index (κ1) is 23.8. The number of benzene rings is 1. The van der Waals surface area contributed by atoms with Crippen molar-refractivity contribution in [3.05, 3.63) is 70.1 Å². The minimum absolute atomic E-state index is 0.0481. The molecular formula is C24H20Cl2F3N5O. The van der Waals surface area contributed by atoms with Crippen molar-refractivity contribution < 1.29 is 18.0 Å². The van der Waals surface area contributed by atoms with Gasteiger partial charge in [0, 0.05) is 48.3 Å². The van der Waals surface area contributed by atoms with Gasteiger partial charge in [0.15, 0.2) is 5.82 Å². The summed E-state index contributed by atoms with van der Waals surface area (Å²) in [5.41, 5.74) is 0.0447. The maximum Gasteiger partial charge on any atom is 0.418 e. The molecule has 2 aromatic heterocycles. The van der Waals surface area contributed by atoms with E-state index in [0.29, 0.717) is 28.5 Å². The van der Waals surface area contributed by atoms with Gasteiger partial charge in [-0.15, -0.1) is 0 Å². The predicted octanol–water partition coefficient (Wildman–Crippen LogP) is 5.97. The molecule has 0 bridgehead atoms. The number of carbonyl (C=O) groups excluding carboxylic acids is 1. The van der Waals surface area contributed by atoms with E-state index in [1.165, 1.54) is 0 Å². The summed E-state index contributed by atoms with van der Waals surface area (Å²) in [6, 6.07) is 7.35. The van der Waals surface area contributed by atoms with Crippen LogP contribution in [0.1, 0.15) is 35.2 Å². The third kappa shape index (κ3) is 4.92. The maximum absolute atomic E-state index is 13.8. The Labute approximate surface area is 209 Å². The number of pyridine rings is 1. The van der Waals surface area contributed by atoms with Gasteiger partial charge in [0.05, 0.1) is 16.1 Å². The van der Waals surface area contributed by atoms with E-state index in [9.17, 15) is 18.0 Å². The summed E-state index contributed by atoms with van der Waals surface area (Å²) in [6.45, 7) is 0.818. The Hall–Kier alpha value is -2.91. The number of hydrogen-bond donors (Lipinski definition) is 1. The number of nitrogens with one attached hydrogen (secondary N) is 1. The van der Waals surface area contributed by atoms with E-state index >= 15 is 0 Å². The van der Waals surface area contributed by atoms with Crippen LogP contribution in [0, 0.1) is 5.41 Å². The minimum atomic E-state index is -4.59. The number of hydrogen-bond acceptors (Lipinski definition) is 5. The SMILES string of the molecule is O=C(c1cc(Cl)ccc1-c1ncccn1)N1CC2(CC2)C[C@H]1CNc1cc(C(F)(F)F)c(Cl)cn1. The van der Waals surface area contributed by atoms with Crippen molar-refractivity contribution in [2.75, 3.05) is 18.4 Å². The van der Waals surface area contributed by atoms with E-state index in [1.54, 1.807) is 41.6 Å². The highest BCUT2D eigenvalue weighted by atomic mass is 35.5. The van der Waals surface area contributed by atoms with Crippen molar-refractivity contribution in [2.24, 2.45) is 5.41 Å². The number of amides is 1. The number of likely N-dealkylation sites (tertiary alicyclic amines) is 1. The molecule has 3 aromatic rings. The fourth-order valence-corrected chi connectivity index (χ4v) is 4.96. The molecule has 1 aliphatic heterocycles. The van der Waals surface area contributed by atoms with Crippen molar-refractivity contribution in [2.45, 2.75) is 31.5 Å². The van der Waals surface area contributed by atoms with Gasteiger partial charge >= 0.3 is 6.18 Å². The van der Waals surface area contributed by atoms with Gasteiger partial charge in [0.25, 0.3) is 5.91 Å². The lowest BCUT2D eigenvalue weighted by Crippen LogP contribution is -2.40. The average Bonchev–Trinajstić information content (AvgIpc) is 3.49. The second-order valence-electron chi connectivity index (χ2n) is 8.98. The Morgan fingerprint density at radius 2 is 1.89 bits per heavy atom. The second kappa shape index (κ2) is 8.95. The van der Waals surface area contributed by atoms with Crippen molar-refractivity contribution in [3.8, 4) is 11.4 Å². The number of carbonyl (C=O) groups is 1. The fourth-order valence-electron chi connectivity index (χ4n) is 4.58. The Morgan fingerprint density at radius 1 is 1.14 bits per heavy atom. The normalized spacial score (nSPS) is 18.7. The van der Waals surface area contributed by atoms with Gasteiger partial charge in [0.1, 0.15) is 5.82 Å². The van der Waals surface area contributed by atoms with Crippen LogP contribution in [0.5, 0.6) is 0 Å². The van der Waals surface area contributed by atoms with Gasteiger partial charge in [-0.25, -0.2) is 15.0 Å². The number of rotatable bonds is 5. The Bertz CT molecular complexity index is 1270. The molecule has 0 unspecified atom stereocenters. The predicted molar refractivity (Wildman–Crippen MR) is 126 cm³/mol. The van der Waals surface area contributed by atoms with Crippen molar-refractivity contribution in [1.29, 1.82) is 0 Å². The number of alkyl halides is 3. The molecule has 35 heavy (non-hydrogen) atoms. The van der Waals surface area contributed by atoms with Crippen LogP contribution in [-0.2, 0) is 6.18 Å². The summed E-state index contributed by atoms with van der Waals surface area (Å²) in [7, 11) is 0. The van der Waals surface area contributed by atoms with E-state index in [1.807, 2.05) is 0 Å². The lowest BCUT2D eigenvalue weighted by molar-refractivity contribution is -0.137. The molecule has 1 amide bonds. The van der Waals surface area contributed by atoms with Crippen LogP contribution in [0.2, 0.25) is 10.0 Å². The molecule has 5 rings (SSSR count). The number of nitrogens with zero attached hydrogens (tertiary/aromatic N) is 4. The van der Waals surface area contributed by atoms with Crippen molar-refractivity contribution in [1.82, 2.24) is 19.9 Å². The summed E-state index contributed by atoms with van der Waals surface area (Å²) in [5, 5.41) is 2.92.